The van der Waals surface area contributed by atoms with Crippen LogP contribution in [-0.2, 0) is 4.79 Å². The van der Waals surface area contributed by atoms with Crippen molar-refractivity contribution in [2.45, 2.75) is 39.3 Å². The molecule has 3 aromatic carbocycles. The number of benzene rings is 3. The van der Waals surface area contributed by atoms with E-state index in [0.29, 0.717) is 11.3 Å². The standard InChI is InChI=1S/C29H27N3O2S/c1-19-18-26(32(21(3)33)23-14-8-5-9-15-23)24-16-10-11-17-25(24)31(19)29(34)27-20(2)30-28(35-27)22-12-6-4-7-13-22/h4-17,19,26H,18H2,1-3H3. The maximum absolute atomic E-state index is 13.9. The van der Waals surface area contributed by atoms with E-state index in [1.165, 1.54) is 11.3 Å². The summed E-state index contributed by atoms with van der Waals surface area (Å²) in [5.74, 6) is -0.0662. The van der Waals surface area contributed by atoms with Gasteiger partial charge >= 0.3 is 0 Å². The van der Waals surface area contributed by atoms with Crippen LogP contribution in [0.5, 0.6) is 0 Å². The molecule has 6 heteroatoms. The van der Waals surface area contributed by atoms with Crippen molar-refractivity contribution in [3.05, 3.63) is 101 Å². The zero-order chi connectivity index (χ0) is 24.5. The largest absolute Gasteiger partial charge is 0.305 e. The first-order valence-corrected chi connectivity index (χ1v) is 12.6. The van der Waals surface area contributed by atoms with Gasteiger partial charge in [0.2, 0.25) is 5.91 Å². The van der Waals surface area contributed by atoms with E-state index in [1.807, 2.05) is 102 Å². The second kappa shape index (κ2) is 9.47. The van der Waals surface area contributed by atoms with Gasteiger partial charge in [-0.05, 0) is 44.0 Å². The van der Waals surface area contributed by atoms with Crippen molar-refractivity contribution >= 4 is 34.5 Å². The molecule has 0 saturated heterocycles. The Bertz CT molecular complexity index is 1370. The minimum Gasteiger partial charge on any atom is -0.305 e. The van der Waals surface area contributed by atoms with E-state index in [9.17, 15) is 9.59 Å². The maximum atomic E-state index is 13.9. The van der Waals surface area contributed by atoms with Crippen LogP contribution in [-0.4, -0.2) is 22.8 Å². The van der Waals surface area contributed by atoms with Crippen molar-refractivity contribution in [2.75, 3.05) is 9.80 Å². The number of anilines is 2. The molecule has 5 rings (SSSR count). The van der Waals surface area contributed by atoms with Crippen LogP contribution in [0.25, 0.3) is 10.6 Å². The minimum atomic E-state index is -0.160. The average molecular weight is 482 g/mol. The lowest BCUT2D eigenvalue weighted by molar-refractivity contribution is -0.117. The molecule has 0 radical (unpaired) electrons. The molecule has 2 unspecified atom stereocenters. The smallest absolute Gasteiger partial charge is 0.270 e. The Hall–Kier alpha value is -3.77. The van der Waals surface area contributed by atoms with Crippen LogP contribution in [0.15, 0.2) is 84.9 Å². The molecule has 0 saturated carbocycles. The van der Waals surface area contributed by atoms with Gasteiger partial charge in [0.05, 0.1) is 11.7 Å². The summed E-state index contributed by atoms with van der Waals surface area (Å²) in [7, 11) is 0. The summed E-state index contributed by atoms with van der Waals surface area (Å²) in [6.07, 6.45) is 0.640. The third kappa shape index (κ3) is 4.26. The molecule has 5 nitrogen and oxygen atoms in total. The molecular formula is C29H27N3O2S. The van der Waals surface area contributed by atoms with Crippen molar-refractivity contribution < 1.29 is 9.59 Å². The summed E-state index contributed by atoms with van der Waals surface area (Å²) in [6.45, 7) is 5.55. The second-order valence-electron chi connectivity index (χ2n) is 8.86. The quantitative estimate of drug-likeness (QED) is 0.328. The van der Waals surface area contributed by atoms with Crippen molar-refractivity contribution in [3.8, 4) is 10.6 Å². The highest BCUT2D eigenvalue weighted by molar-refractivity contribution is 7.17. The number of aryl methyl sites for hydroxylation is 1. The van der Waals surface area contributed by atoms with E-state index in [0.717, 1.165) is 33.2 Å². The van der Waals surface area contributed by atoms with Crippen LogP contribution >= 0.6 is 11.3 Å². The molecule has 1 aliphatic heterocycles. The molecule has 4 aromatic rings. The van der Waals surface area contributed by atoms with Gasteiger partial charge in [0.15, 0.2) is 0 Å². The summed E-state index contributed by atoms with van der Waals surface area (Å²) in [5, 5.41) is 0.842. The van der Waals surface area contributed by atoms with Crippen molar-refractivity contribution in [1.29, 1.82) is 0 Å². The number of carbonyl (C=O) groups excluding carboxylic acids is 2. The molecular weight excluding hydrogens is 454 g/mol. The molecule has 176 valence electrons. The summed E-state index contributed by atoms with van der Waals surface area (Å²) < 4.78 is 0. The lowest BCUT2D eigenvalue weighted by Gasteiger charge is -2.43. The molecule has 0 spiro atoms. The molecule has 2 atom stereocenters. The van der Waals surface area contributed by atoms with E-state index in [4.69, 9.17) is 4.98 Å². The molecule has 0 fully saturated rings. The normalized spacial score (nSPS) is 17.1. The van der Waals surface area contributed by atoms with Crippen LogP contribution < -0.4 is 9.80 Å². The van der Waals surface area contributed by atoms with E-state index in [2.05, 4.69) is 6.92 Å². The molecule has 0 N–H and O–H groups in total. The fourth-order valence-corrected chi connectivity index (χ4v) is 5.92. The lowest BCUT2D eigenvalue weighted by atomic mass is 9.89. The zero-order valence-electron chi connectivity index (χ0n) is 20.0. The van der Waals surface area contributed by atoms with Gasteiger partial charge in [-0.2, -0.15) is 0 Å². The third-order valence-electron chi connectivity index (χ3n) is 6.48. The first-order valence-electron chi connectivity index (χ1n) is 11.8. The van der Waals surface area contributed by atoms with Gasteiger partial charge in [-0.15, -0.1) is 11.3 Å². The van der Waals surface area contributed by atoms with Crippen molar-refractivity contribution in [2.24, 2.45) is 0 Å². The number of aromatic nitrogens is 1. The number of fused-ring (bicyclic) bond motifs is 1. The highest BCUT2D eigenvalue weighted by Gasteiger charge is 2.39. The number of amides is 2. The minimum absolute atomic E-state index is 0.0196. The fourth-order valence-electron chi connectivity index (χ4n) is 4.91. The maximum Gasteiger partial charge on any atom is 0.270 e. The Balaban J connectivity index is 1.55. The Labute approximate surface area is 209 Å². The predicted molar refractivity (Wildman–Crippen MR) is 142 cm³/mol. The summed E-state index contributed by atoms with van der Waals surface area (Å²) in [4.78, 5) is 35.8. The number of hydrogen-bond acceptors (Lipinski definition) is 4. The van der Waals surface area contributed by atoms with Crippen LogP contribution in [0.3, 0.4) is 0 Å². The van der Waals surface area contributed by atoms with Crippen LogP contribution in [0.1, 0.15) is 47.2 Å². The van der Waals surface area contributed by atoms with Crippen LogP contribution in [0.2, 0.25) is 0 Å². The van der Waals surface area contributed by atoms with Gasteiger partial charge in [0.25, 0.3) is 5.91 Å². The summed E-state index contributed by atoms with van der Waals surface area (Å²) in [6, 6.07) is 27.3. The Morgan fingerprint density at radius 3 is 2.26 bits per heavy atom. The topological polar surface area (TPSA) is 53.5 Å². The molecule has 35 heavy (non-hydrogen) atoms. The van der Waals surface area contributed by atoms with Gasteiger partial charge in [0, 0.05) is 29.9 Å². The molecule has 1 aliphatic rings. The van der Waals surface area contributed by atoms with E-state index in [-0.39, 0.29) is 23.9 Å². The lowest BCUT2D eigenvalue weighted by Crippen LogP contribution is -2.47. The Morgan fingerprint density at radius 2 is 1.57 bits per heavy atom. The number of thiazole rings is 1. The predicted octanol–water partition coefficient (Wildman–Crippen LogP) is 6.65. The number of para-hydroxylation sites is 2. The van der Waals surface area contributed by atoms with Gasteiger partial charge in [0.1, 0.15) is 9.88 Å². The fraction of sp³-hybridized carbons (Fsp3) is 0.207. The number of rotatable bonds is 4. The second-order valence-corrected chi connectivity index (χ2v) is 9.86. The van der Waals surface area contributed by atoms with Crippen LogP contribution in [0, 0.1) is 6.92 Å². The number of nitrogens with zero attached hydrogens (tertiary/aromatic N) is 3. The van der Waals surface area contributed by atoms with E-state index < -0.39 is 0 Å². The van der Waals surface area contributed by atoms with Crippen molar-refractivity contribution in [1.82, 2.24) is 4.98 Å². The highest BCUT2D eigenvalue weighted by atomic mass is 32.1. The number of carbonyl (C=O) groups is 2. The van der Waals surface area contributed by atoms with Gasteiger partial charge in [-0.3, -0.25) is 9.59 Å². The Morgan fingerprint density at radius 1 is 0.943 bits per heavy atom. The molecule has 2 amide bonds. The highest BCUT2D eigenvalue weighted by Crippen LogP contribution is 2.43. The average Bonchev–Trinajstić information content (AvgIpc) is 3.26. The first-order chi connectivity index (χ1) is 17.0. The SMILES string of the molecule is CC(=O)N(c1ccccc1)C1CC(C)N(C(=O)c2sc(-c3ccccc3)nc2C)c2ccccc21. The monoisotopic (exact) mass is 481 g/mol. The van der Waals surface area contributed by atoms with Gasteiger partial charge < -0.3 is 9.80 Å². The Kier molecular flexibility index (Phi) is 6.22. The summed E-state index contributed by atoms with van der Waals surface area (Å²) >= 11 is 1.43. The molecule has 0 aliphatic carbocycles. The van der Waals surface area contributed by atoms with Gasteiger partial charge in [-0.25, -0.2) is 4.98 Å². The first kappa shape index (κ1) is 23.0. The van der Waals surface area contributed by atoms with E-state index >= 15 is 0 Å². The van der Waals surface area contributed by atoms with E-state index in [1.54, 1.807) is 6.92 Å². The molecule has 2 heterocycles. The number of hydrogen-bond donors (Lipinski definition) is 0. The van der Waals surface area contributed by atoms with Crippen LogP contribution in [0.4, 0.5) is 11.4 Å². The zero-order valence-corrected chi connectivity index (χ0v) is 20.8. The summed E-state index contributed by atoms with van der Waals surface area (Å²) in [5.41, 5.74) is 4.42. The van der Waals surface area contributed by atoms with Gasteiger partial charge in [-0.1, -0.05) is 66.7 Å². The molecule has 0 bridgehead atoms. The third-order valence-corrected chi connectivity index (χ3v) is 7.67. The molecule has 1 aromatic heterocycles. The van der Waals surface area contributed by atoms with Crippen molar-refractivity contribution in [3.63, 3.8) is 0 Å².